The Bertz CT molecular complexity index is 597. The molecule has 0 unspecified atom stereocenters. The van der Waals surface area contributed by atoms with E-state index in [0.29, 0.717) is 12.5 Å². The first kappa shape index (κ1) is 15.0. The largest absolute Gasteiger partial charge is 0.366 e. The monoisotopic (exact) mass is 282 g/mol. The van der Waals surface area contributed by atoms with Gasteiger partial charge in [0.05, 0.1) is 0 Å². The number of rotatable bonds is 5. The normalized spacial score (nSPS) is 11.0. The van der Waals surface area contributed by atoms with Crippen molar-refractivity contribution in [3.63, 3.8) is 0 Å². The van der Waals surface area contributed by atoms with Gasteiger partial charge in [-0.05, 0) is 29.2 Å². The van der Waals surface area contributed by atoms with Gasteiger partial charge in [-0.15, -0.1) is 6.58 Å². The Labute approximate surface area is 126 Å². The third-order valence-corrected chi connectivity index (χ3v) is 3.09. The minimum absolute atomic E-state index is 0.156. The van der Waals surface area contributed by atoms with E-state index in [9.17, 15) is 0 Å². The van der Waals surface area contributed by atoms with Crippen molar-refractivity contribution in [2.45, 2.75) is 26.2 Å². The minimum atomic E-state index is 0.156. The highest BCUT2D eigenvalue weighted by Gasteiger charge is 2.12. The number of anilines is 3. The maximum absolute atomic E-state index is 4.40. The van der Waals surface area contributed by atoms with Crippen LogP contribution in [0.4, 0.5) is 17.5 Å². The summed E-state index contributed by atoms with van der Waals surface area (Å²) < 4.78 is 0. The molecule has 0 aliphatic carbocycles. The highest BCUT2D eigenvalue weighted by atomic mass is 15.1. The van der Waals surface area contributed by atoms with E-state index in [-0.39, 0.29) is 5.41 Å². The van der Waals surface area contributed by atoms with E-state index in [4.69, 9.17) is 0 Å². The topological polar surface area (TPSA) is 49.8 Å². The van der Waals surface area contributed by atoms with Gasteiger partial charge in [-0.25, -0.2) is 4.98 Å². The lowest BCUT2D eigenvalue weighted by molar-refractivity contribution is 0.590. The molecule has 1 aromatic heterocycles. The molecule has 0 fully saturated rings. The average Bonchev–Trinajstić information content (AvgIpc) is 2.45. The van der Waals surface area contributed by atoms with Gasteiger partial charge in [0, 0.05) is 18.4 Å². The zero-order valence-corrected chi connectivity index (χ0v) is 12.9. The molecule has 1 heterocycles. The van der Waals surface area contributed by atoms with Gasteiger partial charge in [0.1, 0.15) is 5.82 Å². The lowest BCUT2D eigenvalue weighted by Crippen LogP contribution is -2.10. The molecule has 0 bridgehead atoms. The molecule has 1 aromatic carbocycles. The molecule has 4 nitrogen and oxygen atoms in total. The number of nitrogens with zero attached hydrogens (tertiary/aromatic N) is 2. The van der Waals surface area contributed by atoms with Crippen LogP contribution in [0, 0.1) is 0 Å². The molecular weight excluding hydrogens is 260 g/mol. The molecule has 0 saturated carbocycles. The summed E-state index contributed by atoms with van der Waals surface area (Å²) >= 11 is 0. The van der Waals surface area contributed by atoms with E-state index in [1.54, 1.807) is 12.3 Å². The van der Waals surface area contributed by atoms with Crippen LogP contribution < -0.4 is 10.6 Å². The fourth-order valence-electron chi connectivity index (χ4n) is 1.88. The second kappa shape index (κ2) is 6.39. The van der Waals surface area contributed by atoms with Crippen LogP contribution in [0.2, 0.25) is 0 Å². The molecule has 2 aromatic rings. The first-order valence-corrected chi connectivity index (χ1v) is 7.04. The molecule has 21 heavy (non-hydrogen) atoms. The molecule has 0 amide bonds. The number of benzene rings is 1. The van der Waals surface area contributed by atoms with Crippen LogP contribution in [0.15, 0.2) is 49.2 Å². The van der Waals surface area contributed by atoms with Crippen LogP contribution in [0.3, 0.4) is 0 Å². The second-order valence-electron chi connectivity index (χ2n) is 5.89. The molecule has 0 radical (unpaired) electrons. The summed E-state index contributed by atoms with van der Waals surface area (Å²) in [6.45, 7) is 11.0. The standard InChI is InChI=1S/C17H22N4/c1-5-11-18-15-10-12-19-16(21-15)20-14-8-6-13(7-9-14)17(2,3)4/h5-10,12H,1,11H2,2-4H3,(H2,18,19,20,21). The zero-order valence-electron chi connectivity index (χ0n) is 12.9. The van der Waals surface area contributed by atoms with Crippen molar-refractivity contribution in [1.82, 2.24) is 9.97 Å². The van der Waals surface area contributed by atoms with Crippen molar-refractivity contribution in [3.05, 3.63) is 54.7 Å². The summed E-state index contributed by atoms with van der Waals surface area (Å²) in [5, 5.41) is 6.35. The van der Waals surface area contributed by atoms with Gasteiger partial charge in [-0.2, -0.15) is 4.98 Å². The molecule has 2 N–H and O–H groups in total. The summed E-state index contributed by atoms with van der Waals surface area (Å²) in [4.78, 5) is 8.62. The van der Waals surface area contributed by atoms with E-state index in [2.05, 4.69) is 60.1 Å². The predicted octanol–water partition coefficient (Wildman–Crippen LogP) is 4.12. The molecule has 0 aliphatic rings. The quantitative estimate of drug-likeness (QED) is 0.810. The van der Waals surface area contributed by atoms with Crippen LogP contribution >= 0.6 is 0 Å². The van der Waals surface area contributed by atoms with E-state index in [1.165, 1.54) is 5.56 Å². The Hall–Kier alpha value is -2.36. The summed E-state index contributed by atoms with van der Waals surface area (Å²) in [5.41, 5.74) is 2.43. The first-order valence-electron chi connectivity index (χ1n) is 7.04. The third kappa shape index (κ3) is 4.31. The van der Waals surface area contributed by atoms with Gasteiger partial charge < -0.3 is 10.6 Å². The minimum Gasteiger partial charge on any atom is -0.366 e. The van der Waals surface area contributed by atoms with Crippen molar-refractivity contribution in [3.8, 4) is 0 Å². The summed E-state index contributed by atoms with van der Waals surface area (Å²) in [5.74, 6) is 1.35. The van der Waals surface area contributed by atoms with Crippen molar-refractivity contribution >= 4 is 17.5 Å². The number of hydrogen-bond donors (Lipinski definition) is 2. The molecule has 0 saturated heterocycles. The van der Waals surface area contributed by atoms with Crippen molar-refractivity contribution in [1.29, 1.82) is 0 Å². The number of hydrogen-bond acceptors (Lipinski definition) is 4. The predicted molar refractivity (Wildman–Crippen MR) is 89.1 cm³/mol. The maximum Gasteiger partial charge on any atom is 0.229 e. The molecule has 0 atom stereocenters. The Balaban J connectivity index is 2.09. The van der Waals surface area contributed by atoms with E-state index in [1.807, 2.05) is 18.2 Å². The lowest BCUT2D eigenvalue weighted by atomic mass is 9.87. The van der Waals surface area contributed by atoms with Gasteiger partial charge in [0.15, 0.2) is 0 Å². The Morgan fingerprint density at radius 3 is 2.48 bits per heavy atom. The lowest BCUT2D eigenvalue weighted by Gasteiger charge is -2.19. The molecule has 2 rings (SSSR count). The third-order valence-electron chi connectivity index (χ3n) is 3.09. The Morgan fingerprint density at radius 1 is 1.14 bits per heavy atom. The SMILES string of the molecule is C=CCNc1ccnc(Nc2ccc(C(C)(C)C)cc2)n1. The second-order valence-corrected chi connectivity index (χ2v) is 5.89. The van der Waals surface area contributed by atoms with Crippen molar-refractivity contribution in [2.75, 3.05) is 17.2 Å². The summed E-state index contributed by atoms with van der Waals surface area (Å²) in [6, 6.07) is 10.2. The van der Waals surface area contributed by atoms with Gasteiger partial charge >= 0.3 is 0 Å². The van der Waals surface area contributed by atoms with Gasteiger partial charge in [-0.1, -0.05) is 39.0 Å². The Morgan fingerprint density at radius 2 is 1.86 bits per heavy atom. The smallest absolute Gasteiger partial charge is 0.229 e. The average molecular weight is 282 g/mol. The summed E-state index contributed by atoms with van der Waals surface area (Å²) in [6.07, 6.45) is 3.52. The van der Waals surface area contributed by atoms with Crippen molar-refractivity contribution < 1.29 is 0 Å². The highest BCUT2D eigenvalue weighted by molar-refractivity contribution is 5.55. The molecule has 0 spiro atoms. The fourth-order valence-corrected chi connectivity index (χ4v) is 1.88. The van der Waals surface area contributed by atoms with Crippen LogP contribution in [0.1, 0.15) is 26.3 Å². The first-order chi connectivity index (χ1) is 9.99. The van der Waals surface area contributed by atoms with Gasteiger partial charge in [0.2, 0.25) is 5.95 Å². The van der Waals surface area contributed by atoms with E-state index in [0.717, 1.165) is 11.5 Å². The van der Waals surface area contributed by atoms with Crippen LogP contribution in [-0.4, -0.2) is 16.5 Å². The Kier molecular flexibility index (Phi) is 4.58. The molecule has 110 valence electrons. The molecule has 4 heteroatoms. The maximum atomic E-state index is 4.40. The molecular formula is C17H22N4. The van der Waals surface area contributed by atoms with E-state index >= 15 is 0 Å². The van der Waals surface area contributed by atoms with E-state index < -0.39 is 0 Å². The van der Waals surface area contributed by atoms with Crippen LogP contribution in [-0.2, 0) is 5.41 Å². The number of nitrogens with one attached hydrogen (secondary N) is 2. The number of aromatic nitrogens is 2. The van der Waals surface area contributed by atoms with Gasteiger partial charge in [0.25, 0.3) is 0 Å². The zero-order chi connectivity index (χ0) is 15.3. The molecule has 0 aliphatic heterocycles. The van der Waals surface area contributed by atoms with Gasteiger partial charge in [-0.3, -0.25) is 0 Å². The summed E-state index contributed by atoms with van der Waals surface area (Å²) in [7, 11) is 0. The van der Waals surface area contributed by atoms with Crippen LogP contribution in [0.25, 0.3) is 0 Å². The highest BCUT2D eigenvalue weighted by Crippen LogP contribution is 2.24. The van der Waals surface area contributed by atoms with Crippen molar-refractivity contribution in [2.24, 2.45) is 0 Å². The fraction of sp³-hybridized carbons (Fsp3) is 0.294. The van der Waals surface area contributed by atoms with Crippen LogP contribution in [0.5, 0.6) is 0 Å².